The predicted octanol–water partition coefficient (Wildman–Crippen LogP) is 5.52. The van der Waals surface area contributed by atoms with E-state index in [0.29, 0.717) is 0 Å². The van der Waals surface area contributed by atoms with E-state index in [0.717, 1.165) is 32.7 Å². The molecule has 0 fully saturated rings. The van der Waals surface area contributed by atoms with Crippen molar-refractivity contribution in [3.8, 4) is 0 Å². The zero-order chi connectivity index (χ0) is 18.5. The Morgan fingerprint density at radius 1 is 1.12 bits per heavy atom. The highest BCUT2D eigenvalue weighted by atomic mass is 32.2. The maximum atomic E-state index is 12.5. The quantitative estimate of drug-likeness (QED) is 0.430. The smallest absolute Gasteiger partial charge is 0.210 e. The molecule has 134 valence electrons. The van der Waals surface area contributed by atoms with Crippen LogP contribution in [0.4, 0.5) is 10.8 Å². The Hall–Kier alpha value is -2.18. The number of aryl methyl sites for hydroxylation is 2. The van der Waals surface area contributed by atoms with Crippen LogP contribution < -0.4 is 5.32 Å². The molecule has 1 N–H and O–H groups in total. The van der Waals surface area contributed by atoms with Gasteiger partial charge in [-0.1, -0.05) is 72.0 Å². The van der Waals surface area contributed by atoms with Gasteiger partial charge in [-0.05, 0) is 38.0 Å². The van der Waals surface area contributed by atoms with Crippen LogP contribution in [0, 0.1) is 6.92 Å². The van der Waals surface area contributed by atoms with Gasteiger partial charge in [0.05, 0.1) is 5.25 Å². The third kappa shape index (κ3) is 4.71. The lowest BCUT2D eigenvalue weighted by molar-refractivity contribution is 0.0994. The number of carbonyl (C=O) groups excluding carboxylic acids is 1. The molecule has 26 heavy (non-hydrogen) atoms. The summed E-state index contributed by atoms with van der Waals surface area (Å²) in [6.07, 6.45) is 1.02. The Morgan fingerprint density at radius 2 is 1.81 bits per heavy atom. The summed E-state index contributed by atoms with van der Waals surface area (Å²) >= 11 is 2.90. The molecule has 1 atom stereocenters. The molecule has 4 nitrogen and oxygen atoms in total. The number of nitrogens with one attached hydrogen (secondary N) is 1. The normalized spacial score (nSPS) is 12.0. The Balaban J connectivity index is 1.61. The number of hydrogen-bond acceptors (Lipinski definition) is 6. The average Bonchev–Trinajstić information content (AvgIpc) is 3.09. The molecule has 0 saturated heterocycles. The summed E-state index contributed by atoms with van der Waals surface area (Å²) in [6, 6.07) is 15.9. The average molecular weight is 384 g/mol. The number of ketones is 1. The number of Topliss-reactive ketones (excluding diaryl/α,β-unsaturated/α-hetero) is 1. The molecule has 3 rings (SSSR count). The summed E-state index contributed by atoms with van der Waals surface area (Å²) in [6.45, 7) is 6.05. The van der Waals surface area contributed by atoms with Crippen molar-refractivity contribution in [3.63, 3.8) is 0 Å². The summed E-state index contributed by atoms with van der Waals surface area (Å²) in [5.41, 5.74) is 4.16. The van der Waals surface area contributed by atoms with Gasteiger partial charge in [0.2, 0.25) is 5.13 Å². The first kappa shape index (κ1) is 18.6. The molecule has 1 heterocycles. The third-order valence-corrected chi connectivity index (χ3v) is 6.03. The first-order chi connectivity index (χ1) is 12.5. The standard InChI is InChI=1S/C20H21N3OS2/c1-4-15-7-11-17(12-8-15)21-19-22-23-20(26-19)25-14(3)18(24)16-9-5-13(2)6-10-16/h5-12,14H,4H2,1-3H3,(H,21,22)/t14-/m0/s1. The van der Waals surface area contributed by atoms with Gasteiger partial charge in [0.1, 0.15) is 0 Å². The van der Waals surface area contributed by atoms with Crippen LogP contribution >= 0.6 is 23.1 Å². The van der Waals surface area contributed by atoms with Crippen LogP contribution in [0.3, 0.4) is 0 Å². The number of hydrogen-bond donors (Lipinski definition) is 1. The zero-order valence-electron chi connectivity index (χ0n) is 15.0. The molecule has 6 heteroatoms. The van der Waals surface area contributed by atoms with E-state index in [1.807, 2.05) is 50.2 Å². The minimum atomic E-state index is -0.206. The third-order valence-electron chi connectivity index (χ3n) is 4.00. The number of aromatic nitrogens is 2. The van der Waals surface area contributed by atoms with Gasteiger partial charge in [-0.3, -0.25) is 4.79 Å². The molecule has 0 radical (unpaired) electrons. The lowest BCUT2D eigenvalue weighted by Gasteiger charge is -2.08. The number of nitrogens with zero attached hydrogens (tertiary/aromatic N) is 2. The number of rotatable bonds is 7. The largest absolute Gasteiger partial charge is 0.330 e. The zero-order valence-corrected chi connectivity index (χ0v) is 16.7. The SMILES string of the molecule is CCc1ccc(Nc2nnc(S[C@@H](C)C(=O)c3ccc(C)cc3)s2)cc1. The van der Waals surface area contributed by atoms with Crippen molar-refractivity contribution < 1.29 is 4.79 Å². The second-order valence-corrected chi connectivity index (χ2v) is 8.60. The van der Waals surface area contributed by atoms with Gasteiger partial charge in [0.25, 0.3) is 0 Å². The van der Waals surface area contributed by atoms with Crippen molar-refractivity contribution in [2.24, 2.45) is 0 Å². The van der Waals surface area contributed by atoms with Crippen LogP contribution in [-0.4, -0.2) is 21.2 Å². The second kappa shape index (κ2) is 8.47. The Morgan fingerprint density at radius 3 is 2.46 bits per heavy atom. The van der Waals surface area contributed by atoms with Crippen molar-refractivity contribution in [1.29, 1.82) is 0 Å². The van der Waals surface area contributed by atoms with Gasteiger partial charge in [-0.15, -0.1) is 10.2 Å². The molecule has 2 aromatic carbocycles. The van der Waals surface area contributed by atoms with Crippen LogP contribution in [-0.2, 0) is 6.42 Å². The van der Waals surface area contributed by atoms with E-state index in [1.54, 1.807) is 0 Å². The number of thioether (sulfide) groups is 1. The highest BCUT2D eigenvalue weighted by Gasteiger charge is 2.18. The van der Waals surface area contributed by atoms with Crippen molar-refractivity contribution in [1.82, 2.24) is 10.2 Å². The molecule has 0 saturated carbocycles. The van der Waals surface area contributed by atoms with E-state index in [1.165, 1.54) is 28.7 Å². The molecule has 0 aliphatic carbocycles. The van der Waals surface area contributed by atoms with Gasteiger partial charge in [0.15, 0.2) is 10.1 Å². The van der Waals surface area contributed by atoms with Crippen LogP contribution in [0.2, 0.25) is 0 Å². The van der Waals surface area contributed by atoms with E-state index in [4.69, 9.17) is 0 Å². The molecule has 0 bridgehead atoms. The van der Waals surface area contributed by atoms with Crippen molar-refractivity contribution in [2.75, 3.05) is 5.32 Å². The number of benzene rings is 2. The Labute approximate surface area is 162 Å². The van der Waals surface area contributed by atoms with Gasteiger partial charge in [-0.25, -0.2) is 0 Å². The highest BCUT2D eigenvalue weighted by molar-refractivity contribution is 8.02. The highest BCUT2D eigenvalue weighted by Crippen LogP contribution is 2.31. The topological polar surface area (TPSA) is 54.9 Å². The van der Waals surface area contributed by atoms with Crippen molar-refractivity contribution >= 4 is 39.7 Å². The number of anilines is 2. The fraction of sp³-hybridized carbons (Fsp3) is 0.250. The first-order valence-electron chi connectivity index (χ1n) is 8.52. The summed E-state index contributed by atoms with van der Waals surface area (Å²) < 4.78 is 0.783. The molecule has 1 aromatic heterocycles. The van der Waals surface area contributed by atoms with Crippen LogP contribution in [0.25, 0.3) is 0 Å². The Kier molecular flexibility index (Phi) is 6.06. The van der Waals surface area contributed by atoms with Crippen molar-refractivity contribution in [2.45, 2.75) is 36.8 Å². The molecule has 0 aliphatic rings. The van der Waals surface area contributed by atoms with Crippen LogP contribution in [0.15, 0.2) is 52.9 Å². The van der Waals surface area contributed by atoms with Gasteiger partial charge in [-0.2, -0.15) is 0 Å². The van der Waals surface area contributed by atoms with Crippen LogP contribution in [0.1, 0.15) is 35.3 Å². The van der Waals surface area contributed by atoms with Gasteiger partial charge >= 0.3 is 0 Å². The van der Waals surface area contributed by atoms with Crippen LogP contribution in [0.5, 0.6) is 0 Å². The van der Waals surface area contributed by atoms with E-state index < -0.39 is 0 Å². The summed E-state index contributed by atoms with van der Waals surface area (Å²) in [5.74, 6) is 0.106. The second-order valence-electron chi connectivity index (χ2n) is 6.04. The van der Waals surface area contributed by atoms with E-state index in [9.17, 15) is 4.79 Å². The van der Waals surface area contributed by atoms with E-state index >= 15 is 0 Å². The first-order valence-corrected chi connectivity index (χ1v) is 10.2. The minimum Gasteiger partial charge on any atom is -0.330 e. The van der Waals surface area contributed by atoms with Crippen molar-refractivity contribution in [3.05, 3.63) is 65.2 Å². The fourth-order valence-corrected chi connectivity index (χ4v) is 4.41. The van der Waals surface area contributed by atoms with Gasteiger partial charge < -0.3 is 5.32 Å². The van der Waals surface area contributed by atoms with E-state index in [-0.39, 0.29) is 11.0 Å². The molecular formula is C20H21N3OS2. The lowest BCUT2D eigenvalue weighted by Crippen LogP contribution is -2.13. The summed E-state index contributed by atoms with van der Waals surface area (Å²) in [4.78, 5) is 12.5. The molecule has 0 unspecified atom stereocenters. The Bertz CT molecular complexity index is 873. The summed E-state index contributed by atoms with van der Waals surface area (Å²) in [5, 5.41) is 12.2. The molecule has 3 aromatic rings. The molecule has 0 amide bonds. The predicted molar refractivity (Wildman–Crippen MR) is 110 cm³/mol. The van der Waals surface area contributed by atoms with E-state index in [2.05, 4.69) is 34.6 Å². The maximum absolute atomic E-state index is 12.5. The maximum Gasteiger partial charge on any atom is 0.210 e. The number of carbonyl (C=O) groups is 1. The van der Waals surface area contributed by atoms with Gasteiger partial charge in [0, 0.05) is 11.3 Å². The monoisotopic (exact) mass is 383 g/mol. The molecule has 0 spiro atoms. The molecule has 0 aliphatic heterocycles. The minimum absolute atomic E-state index is 0.106. The fourth-order valence-electron chi connectivity index (χ4n) is 2.41. The summed E-state index contributed by atoms with van der Waals surface area (Å²) in [7, 11) is 0. The molecular weight excluding hydrogens is 362 g/mol. The lowest BCUT2D eigenvalue weighted by atomic mass is 10.1.